The van der Waals surface area contributed by atoms with Crippen LogP contribution in [0.15, 0.2) is 48.5 Å². The molecule has 0 radical (unpaired) electrons. The third-order valence-corrected chi connectivity index (χ3v) is 9.04. The van der Waals surface area contributed by atoms with Crippen LogP contribution in [-0.4, -0.2) is 49.3 Å². The number of nitrogens with zero attached hydrogens (tertiary/aromatic N) is 1. The van der Waals surface area contributed by atoms with Gasteiger partial charge in [-0.15, -0.1) is 0 Å². The van der Waals surface area contributed by atoms with Crippen LogP contribution in [0.4, 0.5) is 13.2 Å². The lowest BCUT2D eigenvalue weighted by molar-refractivity contribution is -0.153. The molecule has 0 aromatic heterocycles. The van der Waals surface area contributed by atoms with Crippen molar-refractivity contribution >= 4 is 5.91 Å². The van der Waals surface area contributed by atoms with Gasteiger partial charge in [0.25, 0.3) is 0 Å². The molecule has 0 bridgehead atoms. The number of amides is 1. The Morgan fingerprint density at radius 2 is 1.87 bits per heavy atom. The summed E-state index contributed by atoms with van der Waals surface area (Å²) in [6.45, 7) is 6.82. The molecule has 0 spiro atoms. The Bertz CT molecular complexity index is 1110. The fourth-order valence-electron chi connectivity index (χ4n) is 6.85. The molecule has 1 amide bonds. The Hall–Kier alpha value is -2.58. The van der Waals surface area contributed by atoms with Crippen LogP contribution in [0.3, 0.4) is 0 Å². The highest BCUT2D eigenvalue weighted by molar-refractivity contribution is 5.82. The maximum absolute atomic E-state index is 14.4. The minimum atomic E-state index is -4.45. The largest absolute Gasteiger partial charge is 0.484 e. The van der Waals surface area contributed by atoms with E-state index in [-0.39, 0.29) is 30.2 Å². The van der Waals surface area contributed by atoms with Gasteiger partial charge in [0.1, 0.15) is 5.75 Å². The third-order valence-electron chi connectivity index (χ3n) is 9.04. The number of nitrogens with two attached hydrogens (primary N) is 1. The Kier molecular flexibility index (Phi) is 9.27. The lowest BCUT2D eigenvalue weighted by Gasteiger charge is -2.46. The molecular weight excluding hydrogens is 503 g/mol. The minimum absolute atomic E-state index is 0.0265. The van der Waals surface area contributed by atoms with Crippen molar-refractivity contribution in [3.63, 3.8) is 0 Å². The second kappa shape index (κ2) is 12.3. The summed E-state index contributed by atoms with van der Waals surface area (Å²) in [5.41, 5.74) is 8.09. The summed E-state index contributed by atoms with van der Waals surface area (Å²) in [6, 6.07) is 15.8. The number of likely N-dealkylation sites (tertiary alicyclic amines) is 1. The number of carbonyl (C=O) groups excluding carboxylic acids is 1. The number of benzene rings is 2. The van der Waals surface area contributed by atoms with E-state index in [0.717, 1.165) is 31.2 Å². The zero-order valence-electron chi connectivity index (χ0n) is 23.3. The molecule has 2 aliphatic heterocycles. The van der Waals surface area contributed by atoms with Gasteiger partial charge in [0.05, 0.1) is 5.92 Å². The van der Waals surface area contributed by atoms with Gasteiger partial charge in [0, 0.05) is 43.2 Å². The summed E-state index contributed by atoms with van der Waals surface area (Å²) in [6.07, 6.45) is -0.591. The van der Waals surface area contributed by atoms with Crippen molar-refractivity contribution in [2.24, 2.45) is 17.6 Å². The van der Waals surface area contributed by atoms with E-state index < -0.39 is 18.2 Å². The number of hydrogen-bond donors (Lipinski definition) is 2. The molecule has 214 valence electrons. The van der Waals surface area contributed by atoms with Crippen molar-refractivity contribution in [1.29, 1.82) is 0 Å². The van der Waals surface area contributed by atoms with E-state index in [2.05, 4.69) is 48.3 Å². The Morgan fingerprint density at radius 3 is 2.51 bits per heavy atom. The molecule has 0 aliphatic carbocycles. The van der Waals surface area contributed by atoms with Crippen LogP contribution in [0.25, 0.3) is 0 Å². The van der Waals surface area contributed by atoms with Gasteiger partial charge in [0.15, 0.2) is 6.61 Å². The number of alkyl halides is 3. The maximum atomic E-state index is 14.4. The van der Waals surface area contributed by atoms with Gasteiger partial charge in [-0.2, -0.15) is 13.2 Å². The van der Waals surface area contributed by atoms with Crippen molar-refractivity contribution in [1.82, 2.24) is 10.2 Å². The number of nitrogens with one attached hydrogen (secondary N) is 1. The molecule has 3 N–H and O–H groups in total. The Balaban J connectivity index is 1.63. The molecule has 2 aliphatic rings. The van der Waals surface area contributed by atoms with Crippen molar-refractivity contribution in [2.75, 3.05) is 26.2 Å². The smallest absolute Gasteiger partial charge is 0.422 e. The van der Waals surface area contributed by atoms with Crippen molar-refractivity contribution in [3.05, 3.63) is 65.2 Å². The van der Waals surface area contributed by atoms with Crippen molar-refractivity contribution in [2.45, 2.75) is 76.6 Å². The number of rotatable bonds is 9. The highest BCUT2D eigenvalue weighted by Crippen LogP contribution is 2.43. The predicted molar refractivity (Wildman–Crippen MR) is 148 cm³/mol. The van der Waals surface area contributed by atoms with Gasteiger partial charge in [0.2, 0.25) is 5.91 Å². The molecule has 2 saturated heterocycles. The second-order valence-electron chi connectivity index (χ2n) is 11.3. The molecule has 4 rings (SSSR count). The number of halogens is 3. The predicted octanol–water partition coefficient (Wildman–Crippen LogP) is 5.77. The summed E-state index contributed by atoms with van der Waals surface area (Å²) in [5.74, 6) is 0.714. The van der Waals surface area contributed by atoms with Gasteiger partial charge in [-0.3, -0.25) is 4.79 Å². The van der Waals surface area contributed by atoms with Crippen LogP contribution in [0.5, 0.6) is 5.75 Å². The molecular formula is C31H42F3N3O2. The van der Waals surface area contributed by atoms with Crippen LogP contribution in [-0.2, 0) is 16.8 Å². The zero-order chi connectivity index (χ0) is 28.2. The van der Waals surface area contributed by atoms with Crippen molar-refractivity contribution < 1.29 is 22.7 Å². The van der Waals surface area contributed by atoms with Crippen LogP contribution in [0.2, 0.25) is 0 Å². The lowest BCUT2D eigenvalue weighted by atomic mass is 9.70. The first-order valence-electron chi connectivity index (χ1n) is 14.2. The van der Waals surface area contributed by atoms with Crippen LogP contribution < -0.4 is 15.8 Å². The first-order chi connectivity index (χ1) is 18.6. The molecule has 2 heterocycles. The average molecular weight is 546 g/mol. The Labute approximate surface area is 230 Å². The fourth-order valence-corrected chi connectivity index (χ4v) is 6.85. The van der Waals surface area contributed by atoms with Crippen LogP contribution in [0, 0.1) is 11.8 Å². The summed E-state index contributed by atoms with van der Waals surface area (Å²) in [4.78, 5) is 16.5. The number of ether oxygens (including phenoxy) is 1. The van der Waals surface area contributed by atoms with E-state index in [1.54, 1.807) is 6.07 Å². The Morgan fingerprint density at radius 1 is 1.15 bits per heavy atom. The van der Waals surface area contributed by atoms with Gasteiger partial charge in [-0.1, -0.05) is 76.1 Å². The van der Waals surface area contributed by atoms with Gasteiger partial charge in [-0.25, -0.2) is 0 Å². The standard InChI is InChI=1S/C31H42F3N3O2/c1-4-21(5-2)27-16-23(22-10-7-6-8-11-22)14-15-37(27)29(38)26-18-36-19-30(26,3)25-12-9-13-28(24(25)17-35)39-20-31(32,33)34/h6-13,21,23,26-27,36H,4-5,14-20,35H2,1-3H3/t23-,26+,27+,30+/m1/s1. The van der Waals surface area contributed by atoms with Crippen LogP contribution >= 0.6 is 0 Å². The van der Waals surface area contributed by atoms with Crippen molar-refractivity contribution in [3.8, 4) is 5.75 Å². The van der Waals surface area contributed by atoms with Gasteiger partial charge < -0.3 is 20.7 Å². The molecule has 8 heteroatoms. The molecule has 2 aromatic carbocycles. The average Bonchev–Trinajstić information content (AvgIpc) is 3.34. The number of piperidine rings is 1. The zero-order valence-corrected chi connectivity index (χ0v) is 23.3. The molecule has 5 nitrogen and oxygen atoms in total. The normalized spacial score (nSPS) is 25.7. The molecule has 39 heavy (non-hydrogen) atoms. The maximum Gasteiger partial charge on any atom is 0.422 e. The van der Waals surface area contributed by atoms with E-state index in [4.69, 9.17) is 10.5 Å². The second-order valence-corrected chi connectivity index (χ2v) is 11.3. The SMILES string of the molecule is CCC(CC)[C@@H]1C[C@H](c2ccccc2)CCN1C(=O)[C@@H]1CNC[C@@]1(C)c1cccc(OCC(F)(F)F)c1CN. The molecule has 4 atom stereocenters. The van der Waals surface area contributed by atoms with E-state index in [0.29, 0.717) is 37.0 Å². The summed E-state index contributed by atoms with van der Waals surface area (Å²) in [5, 5.41) is 3.41. The molecule has 2 fully saturated rings. The highest BCUT2D eigenvalue weighted by Gasteiger charge is 2.49. The number of carbonyl (C=O) groups is 1. The summed E-state index contributed by atoms with van der Waals surface area (Å²) < 4.78 is 43.9. The summed E-state index contributed by atoms with van der Waals surface area (Å²) in [7, 11) is 0. The third kappa shape index (κ3) is 6.27. The first-order valence-corrected chi connectivity index (χ1v) is 14.2. The van der Waals surface area contributed by atoms with Crippen LogP contribution in [0.1, 0.15) is 69.1 Å². The van der Waals surface area contributed by atoms with Gasteiger partial charge in [-0.05, 0) is 41.9 Å². The lowest BCUT2D eigenvalue weighted by Crippen LogP contribution is -2.54. The minimum Gasteiger partial charge on any atom is -0.484 e. The monoisotopic (exact) mass is 545 g/mol. The number of hydrogen-bond acceptors (Lipinski definition) is 4. The molecule has 2 aromatic rings. The first kappa shape index (κ1) is 29.4. The highest BCUT2D eigenvalue weighted by atomic mass is 19.4. The van der Waals surface area contributed by atoms with E-state index in [1.807, 2.05) is 19.1 Å². The topological polar surface area (TPSA) is 67.6 Å². The molecule has 0 unspecified atom stereocenters. The van der Waals surface area contributed by atoms with E-state index >= 15 is 0 Å². The van der Waals surface area contributed by atoms with E-state index in [9.17, 15) is 18.0 Å². The van der Waals surface area contributed by atoms with E-state index in [1.165, 1.54) is 11.6 Å². The fraction of sp³-hybridized carbons (Fsp3) is 0.581. The quantitative estimate of drug-likeness (QED) is 0.420. The molecule has 0 saturated carbocycles. The van der Waals surface area contributed by atoms with Gasteiger partial charge >= 0.3 is 6.18 Å². The summed E-state index contributed by atoms with van der Waals surface area (Å²) >= 11 is 0.